The average molecular weight is 277 g/mol. The Balaban J connectivity index is 1.93. The van der Waals surface area contributed by atoms with Gasteiger partial charge in [-0.15, -0.1) is 0 Å². The molecule has 0 N–H and O–H groups in total. The van der Waals surface area contributed by atoms with Crippen molar-refractivity contribution in [2.45, 2.75) is 25.9 Å². The summed E-state index contributed by atoms with van der Waals surface area (Å²) in [5.41, 5.74) is 0.960. The molecule has 0 saturated carbocycles. The summed E-state index contributed by atoms with van der Waals surface area (Å²) in [5.74, 6) is 1.27. The molecular formula is C13H19N5O2. The molecule has 2 rings (SSSR count). The first-order valence-electron chi connectivity index (χ1n) is 6.47. The van der Waals surface area contributed by atoms with E-state index in [1.807, 2.05) is 13.1 Å². The third kappa shape index (κ3) is 3.82. The van der Waals surface area contributed by atoms with Crippen molar-refractivity contribution in [1.29, 1.82) is 0 Å². The van der Waals surface area contributed by atoms with Gasteiger partial charge in [0.25, 0.3) is 0 Å². The van der Waals surface area contributed by atoms with Crippen LogP contribution in [-0.2, 0) is 17.7 Å². The second-order valence-electron chi connectivity index (χ2n) is 4.57. The molecule has 0 fully saturated rings. The summed E-state index contributed by atoms with van der Waals surface area (Å²) in [4.78, 5) is 14.6. The molecule has 1 atom stereocenters. The van der Waals surface area contributed by atoms with Crippen molar-refractivity contribution >= 4 is 0 Å². The highest BCUT2D eigenvalue weighted by Gasteiger charge is 2.16. The van der Waals surface area contributed by atoms with Gasteiger partial charge in [-0.3, -0.25) is 4.90 Å². The molecule has 7 heteroatoms. The number of hydrogen-bond acceptors (Lipinski definition) is 7. The summed E-state index contributed by atoms with van der Waals surface area (Å²) >= 11 is 0. The van der Waals surface area contributed by atoms with E-state index in [0.29, 0.717) is 31.3 Å². The number of rotatable bonds is 7. The summed E-state index contributed by atoms with van der Waals surface area (Å²) in [7, 11) is 3.64. The first kappa shape index (κ1) is 14.5. The third-order valence-corrected chi connectivity index (χ3v) is 3.12. The monoisotopic (exact) mass is 277 g/mol. The van der Waals surface area contributed by atoms with E-state index in [-0.39, 0.29) is 6.04 Å². The standard InChI is InChI=1S/C13H19N5O2/c1-10(11-4-6-14-9-15-11)18(2)8-13-16-12(17-20-13)5-7-19-3/h4,6,9-10H,5,7-8H2,1-3H3. The Morgan fingerprint density at radius 1 is 1.45 bits per heavy atom. The number of aromatic nitrogens is 4. The summed E-state index contributed by atoms with van der Waals surface area (Å²) in [6, 6.07) is 2.05. The molecule has 0 aliphatic heterocycles. The van der Waals surface area contributed by atoms with Gasteiger partial charge in [0.1, 0.15) is 6.33 Å². The smallest absolute Gasteiger partial charge is 0.240 e. The van der Waals surface area contributed by atoms with Gasteiger partial charge < -0.3 is 9.26 Å². The molecule has 0 aromatic carbocycles. The second kappa shape index (κ2) is 7.06. The largest absolute Gasteiger partial charge is 0.384 e. The zero-order valence-electron chi connectivity index (χ0n) is 12.0. The Kier molecular flexibility index (Phi) is 5.14. The van der Waals surface area contributed by atoms with Crippen molar-refractivity contribution in [2.24, 2.45) is 0 Å². The van der Waals surface area contributed by atoms with Crippen LogP contribution in [0.15, 0.2) is 23.1 Å². The lowest BCUT2D eigenvalue weighted by Crippen LogP contribution is -2.23. The lowest BCUT2D eigenvalue weighted by molar-refractivity contribution is 0.199. The maximum Gasteiger partial charge on any atom is 0.240 e. The van der Waals surface area contributed by atoms with Crippen molar-refractivity contribution in [3.05, 3.63) is 36.0 Å². The maximum atomic E-state index is 5.23. The van der Waals surface area contributed by atoms with Crippen LogP contribution < -0.4 is 0 Å². The molecule has 0 saturated heterocycles. The Morgan fingerprint density at radius 3 is 3.00 bits per heavy atom. The van der Waals surface area contributed by atoms with Crippen molar-refractivity contribution in [2.75, 3.05) is 20.8 Å². The normalized spacial score (nSPS) is 12.8. The minimum atomic E-state index is 0.146. The minimum absolute atomic E-state index is 0.146. The fraction of sp³-hybridized carbons (Fsp3) is 0.538. The molecule has 0 spiro atoms. The van der Waals surface area contributed by atoms with E-state index in [0.717, 1.165) is 5.69 Å². The minimum Gasteiger partial charge on any atom is -0.384 e. The van der Waals surface area contributed by atoms with Crippen LogP contribution in [0.2, 0.25) is 0 Å². The van der Waals surface area contributed by atoms with E-state index in [1.165, 1.54) is 0 Å². The van der Waals surface area contributed by atoms with Gasteiger partial charge in [-0.1, -0.05) is 5.16 Å². The van der Waals surface area contributed by atoms with E-state index in [4.69, 9.17) is 9.26 Å². The topological polar surface area (TPSA) is 77.2 Å². The first-order chi connectivity index (χ1) is 9.70. The summed E-state index contributed by atoms with van der Waals surface area (Å²) < 4.78 is 10.2. The van der Waals surface area contributed by atoms with Crippen LogP contribution in [0.1, 0.15) is 30.4 Å². The highest BCUT2D eigenvalue weighted by atomic mass is 16.5. The Bertz CT molecular complexity index is 516. The van der Waals surface area contributed by atoms with Gasteiger partial charge in [0.15, 0.2) is 5.82 Å². The molecule has 2 aromatic heterocycles. The molecule has 7 nitrogen and oxygen atoms in total. The number of methoxy groups -OCH3 is 1. The van der Waals surface area contributed by atoms with Gasteiger partial charge in [0.2, 0.25) is 5.89 Å². The summed E-state index contributed by atoms with van der Waals surface area (Å²) in [6.07, 6.45) is 3.95. The second-order valence-corrected chi connectivity index (χ2v) is 4.57. The predicted molar refractivity (Wildman–Crippen MR) is 71.8 cm³/mol. The van der Waals surface area contributed by atoms with E-state index < -0.39 is 0 Å². The highest BCUT2D eigenvalue weighted by Crippen LogP contribution is 2.17. The van der Waals surface area contributed by atoms with Crippen LogP contribution in [0.25, 0.3) is 0 Å². The lowest BCUT2D eigenvalue weighted by Gasteiger charge is -2.22. The van der Waals surface area contributed by atoms with E-state index >= 15 is 0 Å². The van der Waals surface area contributed by atoms with Crippen molar-refractivity contribution < 1.29 is 9.26 Å². The third-order valence-electron chi connectivity index (χ3n) is 3.12. The summed E-state index contributed by atoms with van der Waals surface area (Å²) in [6.45, 7) is 3.24. The lowest BCUT2D eigenvalue weighted by atomic mass is 10.2. The number of nitrogens with zero attached hydrogens (tertiary/aromatic N) is 5. The van der Waals surface area contributed by atoms with Crippen LogP contribution in [0.5, 0.6) is 0 Å². The van der Waals surface area contributed by atoms with Gasteiger partial charge in [-0.2, -0.15) is 4.98 Å². The van der Waals surface area contributed by atoms with Crippen LogP contribution in [0.4, 0.5) is 0 Å². The van der Waals surface area contributed by atoms with E-state index in [9.17, 15) is 0 Å². The quantitative estimate of drug-likeness (QED) is 0.753. The van der Waals surface area contributed by atoms with Crippen molar-refractivity contribution in [1.82, 2.24) is 25.0 Å². The van der Waals surface area contributed by atoms with Crippen LogP contribution >= 0.6 is 0 Å². The van der Waals surface area contributed by atoms with E-state index in [2.05, 4.69) is 31.9 Å². The molecule has 0 bridgehead atoms. The maximum absolute atomic E-state index is 5.23. The van der Waals surface area contributed by atoms with Gasteiger partial charge in [0, 0.05) is 25.8 Å². The molecule has 20 heavy (non-hydrogen) atoms. The number of hydrogen-bond donors (Lipinski definition) is 0. The van der Waals surface area contributed by atoms with Crippen molar-refractivity contribution in [3.8, 4) is 0 Å². The summed E-state index contributed by atoms with van der Waals surface area (Å²) in [5, 5.41) is 3.92. The Labute approximate surface area is 118 Å². The average Bonchev–Trinajstić information content (AvgIpc) is 2.92. The molecule has 0 radical (unpaired) electrons. The molecule has 0 aliphatic rings. The van der Waals surface area contributed by atoms with Gasteiger partial charge >= 0.3 is 0 Å². The zero-order valence-corrected chi connectivity index (χ0v) is 12.0. The van der Waals surface area contributed by atoms with Crippen LogP contribution in [0, 0.1) is 0 Å². The fourth-order valence-corrected chi connectivity index (χ4v) is 1.77. The van der Waals surface area contributed by atoms with Crippen LogP contribution in [0.3, 0.4) is 0 Å². The molecule has 108 valence electrons. The zero-order chi connectivity index (χ0) is 14.4. The number of ether oxygens (including phenoxy) is 1. The molecule has 2 aromatic rings. The van der Waals surface area contributed by atoms with Crippen molar-refractivity contribution in [3.63, 3.8) is 0 Å². The SMILES string of the molecule is COCCc1noc(CN(C)C(C)c2ccncn2)n1. The first-order valence-corrected chi connectivity index (χ1v) is 6.47. The Morgan fingerprint density at radius 2 is 2.30 bits per heavy atom. The predicted octanol–water partition coefficient (Wildman–Crippen LogP) is 1.24. The van der Waals surface area contributed by atoms with E-state index in [1.54, 1.807) is 19.6 Å². The molecular weight excluding hydrogens is 258 g/mol. The highest BCUT2D eigenvalue weighted by molar-refractivity contribution is 5.03. The van der Waals surface area contributed by atoms with Gasteiger partial charge in [0.05, 0.1) is 18.8 Å². The van der Waals surface area contributed by atoms with Gasteiger partial charge in [-0.25, -0.2) is 9.97 Å². The molecule has 0 amide bonds. The van der Waals surface area contributed by atoms with Crippen LogP contribution in [-0.4, -0.2) is 45.8 Å². The molecule has 1 unspecified atom stereocenters. The van der Waals surface area contributed by atoms with Gasteiger partial charge in [-0.05, 0) is 20.0 Å². The fourth-order valence-electron chi connectivity index (χ4n) is 1.77. The molecule has 2 heterocycles. The molecule has 0 aliphatic carbocycles. The Hall–Kier alpha value is -1.86.